The maximum absolute atomic E-state index is 13.1. The van der Waals surface area contributed by atoms with Crippen LogP contribution in [0.5, 0.6) is 5.75 Å². The molecule has 0 saturated heterocycles. The number of halogens is 4. The van der Waals surface area contributed by atoms with Crippen LogP contribution in [0.3, 0.4) is 0 Å². The number of aromatic nitrogens is 2. The van der Waals surface area contributed by atoms with Gasteiger partial charge in [-0.15, -0.1) is 0 Å². The van der Waals surface area contributed by atoms with Gasteiger partial charge in [-0.1, -0.05) is 11.6 Å². The van der Waals surface area contributed by atoms with E-state index in [0.29, 0.717) is 0 Å². The molecule has 0 amide bonds. The summed E-state index contributed by atoms with van der Waals surface area (Å²) in [5.41, 5.74) is 4.55. The molecule has 20 heavy (non-hydrogen) atoms. The second-order valence-electron chi connectivity index (χ2n) is 4.07. The van der Waals surface area contributed by atoms with Crippen molar-refractivity contribution in [3.63, 3.8) is 0 Å². The van der Waals surface area contributed by atoms with Crippen LogP contribution in [0.2, 0.25) is 5.02 Å². The number of benzene rings is 1. The molecule has 0 atom stereocenters. The lowest BCUT2D eigenvalue weighted by atomic mass is 10.0. The first-order chi connectivity index (χ1) is 9.25. The predicted molar refractivity (Wildman–Crippen MR) is 69.6 cm³/mol. The molecule has 0 unspecified atom stereocenters. The minimum atomic E-state index is -4.63. The van der Waals surface area contributed by atoms with Crippen molar-refractivity contribution in [1.82, 2.24) is 9.78 Å². The maximum Gasteiger partial charge on any atom is 0.435 e. The lowest BCUT2D eigenvalue weighted by Gasteiger charge is -2.11. The first kappa shape index (κ1) is 14.5. The zero-order chi connectivity index (χ0) is 15.1. The van der Waals surface area contributed by atoms with Crippen molar-refractivity contribution in [3.05, 3.63) is 28.9 Å². The Bertz CT molecular complexity index is 652. The number of aryl methyl sites for hydroxylation is 1. The number of rotatable bonds is 2. The molecule has 2 N–H and O–H groups in total. The number of hydrogen-bond acceptors (Lipinski definition) is 3. The number of anilines is 1. The van der Waals surface area contributed by atoms with Crippen LogP contribution in [0.25, 0.3) is 11.1 Å². The highest BCUT2D eigenvalue weighted by Crippen LogP contribution is 2.43. The molecule has 8 heteroatoms. The first-order valence-electron chi connectivity index (χ1n) is 5.49. The number of nitrogens with zero attached hydrogens (tertiary/aromatic N) is 2. The summed E-state index contributed by atoms with van der Waals surface area (Å²) in [4.78, 5) is 0. The smallest absolute Gasteiger partial charge is 0.435 e. The van der Waals surface area contributed by atoms with Gasteiger partial charge in [-0.25, -0.2) is 0 Å². The molecule has 2 rings (SSSR count). The van der Waals surface area contributed by atoms with Gasteiger partial charge in [0.2, 0.25) is 0 Å². The molecule has 1 aromatic carbocycles. The maximum atomic E-state index is 13.1. The van der Waals surface area contributed by atoms with Gasteiger partial charge in [0.15, 0.2) is 5.69 Å². The molecule has 0 aliphatic heterocycles. The average molecular weight is 306 g/mol. The number of alkyl halides is 3. The van der Waals surface area contributed by atoms with Gasteiger partial charge in [0, 0.05) is 17.6 Å². The third-order valence-electron chi connectivity index (χ3n) is 2.79. The molecule has 0 bridgehead atoms. The summed E-state index contributed by atoms with van der Waals surface area (Å²) in [6, 6.07) is 4.36. The van der Waals surface area contributed by atoms with Crippen molar-refractivity contribution in [2.75, 3.05) is 12.8 Å². The molecule has 0 aliphatic carbocycles. The monoisotopic (exact) mass is 305 g/mol. The fourth-order valence-electron chi connectivity index (χ4n) is 1.88. The molecule has 1 heterocycles. The van der Waals surface area contributed by atoms with Gasteiger partial charge in [-0.2, -0.15) is 18.3 Å². The summed E-state index contributed by atoms with van der Waals surface area (Å²) < 4.78 is 45.2. The van der Waals surface area contributed by atoms with Gasteiger partial charge in [0.25, 0.3) is 0 Å². The summed E-state index contributed by atoms with van der Waals surface area (Å²) in [5, 5.41) is 3.71. The van der Waals surface area contributed by atoms with E-state index < -0.39 is 11.9 Å². The van der Waals surface area contributed by atoms with E-state index in [0.717, 1.165) is 4.68 Å². The van der Waals surface area contributed by atoms with Crippen LogP contribution in [-0.4, -0.2) is 16.9 Å². The van der Waals surface area contributed by atoms with E-state index >= 15 is 0 Å². The van der Waals surface area contributed by atoms with E-state index in [1.807, 2.05) is 0 Å². The van der Waals surface area contributed by atoms with Crippen LogP contribution in [0, 0.1) is 0 Å². The fraction of sp³-hybridized carbons (Fsp3) is 0.250. The van der Waals surface area contributed by atoms with Crippen molar-refractivity contribution < 1.29 is 17.9 Å². The third-order valence-corrected chi connectivity index (χ3v) is 3.03. The zero-order valence-electron chi connectivity index (χ0n) is 10.6. The Labute approximate surface area is 117 Å². The van der Waals surface area contributed by atoms with Gasteiger partial charge >= 0.3 is 6.18 Å². The van der Waals surface area contributed by atoms with Crippen LogP contribution in [0.15, 0.2) is 18.2 Å². The van der Waals surface area contributed by atoms with Crippen LogP contribution >= 0.6 is 11.6 Å². The van der Waals surface area contributed by atoms with Crippen molar-refractivity contribution in [1.29, 1.82) is 0 Å². The Morgan fingerprint density at radius 1 is 1.35 bits per heavy atom. The van der Waals surface area contributed by atoms with E-state index in [-0.39, 0.29) is 27.7 Å². The summed E-state index contributed by atoms with van der Waals surface area (Å²) >= 11 is 5.84. The second kappa shape index (κ2) is 4.90. The van der Waals surface area contributed by atoms with Crippen molar-refractivity contribution >= 4 is 17.4 Å². The van der Waals surface area contributed by atoms with Gasteiger partial charge in [-0.05, 0) is 18.2 Å². The molecular weight excluding hydrogens is 295 g/mol. The number of nitrogen functional groups attached to an aromatic ring is 1. The minimum absolute atomic E-state index is 0.113. The standard InChI is InChI=1S/C12H11ClF3N3O/c1-19-11(17)9(10(18-19)12(14,15)16)7-5-6(13)3-4-8(7)20-2/h3-5H,17H2,1-2H3. The Kier molecular flexibility index (Phi) is 3.56. The molecular formula is C12H11ClF3N3O. The molecule has 108 valence electrons. The first-order valence-corrected chi connectivity index (χ1v) is 5.87. The van der Waals surface area contributed by atoms with Crippen LogP contribution in [0.1, 0.15) is 5.69 Å². The largest absolute Gasteiger partial charge is 0.496 e. The highest BCUT2D eigenvalue weighted by molar-refractivity contribution is 6.31. The van der Waals surface area contributed by atoms with Crippen molar-refractivity contribution in [2.24, 2.45) is 7.05 Å². The van der Waals surface area contributed by atoms with E-state index in [2.05, 4.69) is 5.10 Å². The van der Waals surface area contributed by atoms with E-state index in [4.69, 9.17) is 22.1 Å². The number of hydrogen-bond donors (Lipinski definition) is 1. The molecule has 2 aromatic rings. The zero-order valence-corrected chi connectivity index (χ0v) is 11.4. The van der Waals surface area contributed by atoms with Crippen LogP contribution < -0.4 is 10.5 Å². The normalized spacial score (nSPS) is 11.7. The Morgan fingerprint density at radius 2 is 2.00 bits per heavy atom. The predicted octanol–water partition coefficient (Wildman–Crippen LogP) is 3.35. The Balaban J connectivity index is 2.79. The lowest BCUT2D eigenvalue weighted by molar-refractivity contribution is -0.140. The Morgan fingerprint density at radius 3 is 2.55 bits per heavy atom. The van der Waals surface area contributed by atoms with Gasteiger partial charge in [-0.3, -0.25) is 4.68 Å². The average Bonchev–Trinajstić information content (AvgIpc) is 2.66. The number of nitrogens with two attached hydrogens (primary N) is 1. The minimum Gasteiger partial charge on any atom is -0.496 e. The quantitative estimate of drug-likeness (QED) is 0.925. The number of methoxy groups -OCH3 is 1. The van der Waals surface area contributed by atoms with E-state index in [1.165, 1.54) is 32.4 Å². The van der Waals surface area contributed by atoms with E-state index in [1.54, 1.807) is 0 Å². The highest BCUT2D eigenvalue weighted by atomic mass is 35.5. The highest BCUT2D eigenvalue weighted by Gasteiger charge is 2.39. The topological polar surface area (TPSA) is 53.1 Å². The summed E-state index contributed by atoms with van der Waals surface area (Å²) in [6.45, 7) is 0. The SMILES string of the molecule is COc1ccc(Cl)cc1-c1c(C(F)(F)F)nn(C)c1N. The van der Waals surface area contributed by atoms with Crippen LogP contribution in [-0.2, 0) is 13.2 Å². The van der Waals surface area contributed by atoms with E-state index in [9.17, 15) is 13.2 Å². The lowest BCUT2D eigenvalue weighted by Crippen LogP contribution is -2.08. The van der Waals surface area contributed by atoms with Crippen molar-refractivity contribution in [3.8, 4) is 16.9 Å². The molecule has 4 nitrogen and oxygen atoms in total. The molecule has 0 aliphatic rings. The molecule has 0 fully saturated rings. The van der Waals surface area contributed by atoms with Crippen LogP contribution in [0.4, 0.5) is 19.0 Å². The molecule has 0 radical (unpaired) electrons. The summed E-state index contributed by atoms with van der Waals surface area (Å²) in [6.07, 6.45) is -4.63. The fourth-order valence-corrected chi connectivity index (χ4v) is 2.05. The third kappa shape index (κ3) is 2.40. The van der Waals surface area contributed by atoms with Gasteiger partial charge < -0.3 is 10.5 Å². The van der Waals surface area contributed by atoms with Crippen molar-refractivity contribution in [2.45, 2.75) is 6.18 Å². The summed E-state index contributed by atoms with van der Waals surface area (Å²) in [5.74, 6) is 0.123. The molecule has 1 aromatic heterocycles. The number of ether oxygens (including phenoxy) is 1. The van der Waals surface area contributed by atoms with Gasteiger partial charge in [0.1, 0.15) is 11.6 Å². The van der Waals surface area contributed by atoms with Gasteiger partial charge in [0.05, 0.1) is 12.7 Å². The molecule has 0 spiro atoms. The Hall–Kier alpha value is -1.89. The molecule has 0 saturated carbocycles. The summed E-state index contributed by atoms with van der Waals surface area (Å²) in [7, 11) is 2.69. The second-order valence-corrected chi connectivity index (χ2v) is 4.51.